The molecule has 1 fully saturated rings. The third-order valence-electron chi connectivity index (χ3n) is 6.31. The van der Waals surface area contributed by atoms with Crippen molar-refractivity contribution in [3.8, 4) is 0 Å². The number of imidazole rings is 1. The topological polar surface area (TPSA) is 58.4 Å². The summed E-state index contributed by atoms with van der Waals surface area (Å²) in [6.45, 7) is 5.52. The SMILES string of the molecule is CCC[C@@H](C(=O)N1CCN(C(C)=O)CC1)n1c(Cc2ccccc2F)nc2cc(Cl)c(Cl)cc21. The zero-order valence-electron chi connectivity index (χ0n) is 19.2. The van der Waals surface area contributed by atoms with Crippen molar-refractivity contribution in [1.82, 2.24) is 19.4 Å². The monoisotopic (exact) mass is 504 g/mol. The molecule has 0 spiro atoms. The van der Waals surface area contributed by atoms with Gasteiger partial charge in [-0.2, -0.15) is 0 Å². The summed E-state index contributed by atoms with van der Waals surface area (Å²) in [6.07, 6.45) is 1.58. The van der Waals surface area contributed by atoms with Crippen molar-refractivity contribution in [3.05, 3.63) is 63.6 Å². The Morgan fingerprint density at radius 3 is 2.35 bits per heavy atom. The molecule has 9 heteroatoms. The van der Waals surface area contributed by atoms with Gasteiger partial charge in [0.2, 0.25) is 11.8 Å². The molecular weight excluding hydrogens is 478 g/mol. The average molecular weight is 505 g/mol. The van der Waals surface area contributed by atoms with Gasteiger partial charge in [0.25, 0.3) is 0 Å². The lowest BCUT2D eigenvalue weighted by atomic mass is 10.1. The highest BCUT2D eigenvalue weighted by molar-refractivity contribution is 6.42. The van der Waals surface area contributed by atoms with Gasteiger partial charge in [-0.15, -0.1) is 0 Å². The second kappa shape index (κ2) is 10.3. The molecule has 4 rings (SSSR count). The fourth-order valence-electron chi connectivity index (χ4n) is 4.51. The minimum absolute atomic E-state index is 0.0107. The van der Waals surface area contributed by atoms with Crippen LogP contribution in [-0.2, 0) is 16.0 Å². The van der Waals surface area contributed by atoms with E-state index in [-0.39, 0.29) is 24.1 Å². The summed E-state index contributed by atoms with van der Waals surface area (Å²) in [5.74, 6) is 0.227. The quantitative estimate of drug-likeness (QED) is 0.468. The highest BCUT2D eigenvalue weighted by atomic mass is 35.5. The molecule has 0 aliphatic carbocycles. The van der Waals surface area contributed by atoms with Crippen LogP contribution in [0.5, 0.6) is 0 Å². The zero-order chi connectivity index (χ0) is 24.4. The van der Waals surface area contributed by atoms with Crippen LogP contribution < -0.4 is 0 Å². The molecule has 0 N–H and O–H groups in total. The molecule has 2 aromatic carbocycles. The minimum atomic E-state index is -0.530. The summed E-state index contributed by atoms with van der Waals surface area (Å²) in [6, 6.07) is 9.43. The van der Waals surface area contributed by atoms with Gasteiger partial charge in [0, 0.05) is 39.5 Å². The number of carbonyl (C=O) groups is 2. The number of benzene rings is 2. The van der Waals surface area contributed by atoms with Crippen molar-refractivity contribution in [2.24, 2.45) is 0 Å². The molecule has 0 saturated carbocycles. The number of hydrogen-bond donors (Lipinski definition) is 0. The molecule has 2 heterocycles. The molecule has 180 valence electrons. The molecule has 0 radical (unpaired) electrons. The van der Waals surface area contributed by atoms with Gasteiger partial charge in [-0.1, -0.05) is 54.7 Å². The van der Waals surface area contributed by atoms with Crippen LogP contribution in [0.3, 0.4) is 0 Å². The Kier molecular flexibility index (Phi) is 7.43. The summed E-state index contributed by atoms with van der Waals surface area (Å²) in [5, 5.41) is 0.737. The van der Waals surface area contributed by atoms with Gasteiger partial charge in [0.15, 0.2) is 0 Å². The lowest BCUT2D eigenvalue weighted by molar-refractivity contribution is -0.140. The van der Waals surface area contributed by atoms with Gasteiger partial charge in [-0.3, -0.25) is 9.59 Å². The smallest absolute Gasteiger partial charge is 0.245 e. The Labute approximate surface area is 208 Å². The second-order valence-electron chi connectivity index (χ2n) is 8.56. The predicted molar refractivity (Wildman–Crippen MR) is 132 cm³/mol. The standard InChI is InChI=1S/C25H27Cl2FN4O2/c1-3-6-22(25(34)31-11-9-30(10-12-31)16(2)33)32-23-15-19(27)18(26)14-21(23)29-24(32)13-17-7-4-5-8-20(17)28/h4-5,7-8,14-15,22H,3,6,9-13H2,1-2H3/t22-/m0/s1. The van der Waals surface area contributed by atoms with E-state index in [1.165, 1.54) is 6.07 Å². The van der Waals surface area contributed by atoms with E-state index in [2.05, 4.69) is 0 Å². The first kappa shape index (κ1) is 24.5. The lowest BCUT2D eigenvalue weighted by Gasteiger charge is -2.36. The molecule has 2 amide bonds. The summed E-state index contributed by atoms with van der Waals surface area (Å²) in [4.78, 5) is 33.8. The molecular formula is C25H27Cl2FN4O2. The van der Waals surface area contributed by atoms with E-state index in [1.54, 1.807) is 47.1 Å². The first-order valence-corrected chi connectivity index (χ1v) is 12.2. The third-order valence-corrected chi connectivity index (χ3v) is 7.03. The van der Waals surface area contributed by atoms with E-state index in [4.69, 9.17) is 28.2 Å². The van der Waals surface area contributed by atoms with Crippen molar-refractivity contribution in [2.75, 3.05) is 26.2 Å². The van der Waals surface area contributed by atoms with Crippen LogP contribution in [0.25, 0.3) is 11.0 Å². The highest BCUT2D eigenvalue weighted by Gasteiger charge is 2.31. The first-order chi connectivity index (χ1) is 16.3. The van der Waals surface area contributed by atoms with Gasteiger partial charge in [-0.05, 0) is 30.2 Å². The van der Waals surface area contributed by atoms with Gasteiger partial charge in [0.05, 0.1) is 21.1 Å². The highest BCUT2D eigenvalue weighted by Crippen LogP contribution is 2.33. The molecule has 34 heavy (non-hydrogen) atoms. The largest absolute Gasteiger partial charge is 0.339 e. The Bertz CT molecular complexity index is 1220. The molecule has 0 unspecified atom stereocenters. The lowest BCUT2D eigenvalue weighted by Crippen LogP contribution is -2.51. The fourth-order valence-corrected chi connectivity index (χ4v) is 4.83. The van der Waals surface area contributed by atoms with Crippen LogP contribution in [0.4, 0.5) is 4.39 Å². The molecule has 6 nitrogen and oxygen atoms in total. The summed E-state index contributed by atoms with van der Waals surface area (Å²) >= 11 is 12.6. The summed E-state index contributed by atoms with van der Waals surface area (Å²) in [5.41, 5.74) is 1.79. The van der Waals surface area contributed by atoms with E-state index in [1.807, 2.05) is 11.5 Å². The Morgan fingerprint density at radius 2 is 1.71 bits per heavy atom. The normalized spacial score (nSPS) is 15.1. The molecule has 1 aliphatic rings. The maximum Gasteiger partial charge on any atom is 0.245 e. The average Bonchev–Trinajstić information content (AvgIpc) is 3.15. The Morgan fingerprint density at radius 1 is 1.06 bits per heavy atom. The number of rotatable bonds is 6. The third kappa shape index (κ3) is 4.91. The van der Waals surface area contributed by atoms with Crippen molar-refractivity contribution >= 4 is 46.0 Å². The number of aromatic nitrogens is 2. The number of amides is 2. The maximum atomic E-state index is 14.5. The number of nitrogens with zero attached hydrogens (tertiary/aromatic N) is 4. The van der Waals surface area contributed by atoms with Gasteiger partial charge in [0.1, 0.15) is 17.7 Å². The van der Waals surface area contributed by atoms with E-state index in [0.717, 1.165) is 6.42 Å². The van der Waals surface area contributed by atoms with Crippen LogP contribution in [0.2, 0.25) is 10.0 Å². The van der Waals surface area contributed by atoms with Gasteiger partial charge in [-0.25, -0.2) is 9.37 Å². The first-order valence-electron chi connectivity index (χ1n) is 11.4. The van der Waals surface area contributed by atoms with E-state index in [0.29, 0.717) is 65.1 Å². The predicted octanol–water partition coefficient (Wildman–Crippen LogP) is 5.10. The Balaban J connectivity index is 1.77. The van der Waals surface area contributed by atoms with Gasteiger partial charge >= 0.3 is 0 Å². The van der Waals surface area contributed by atoms with E-state index in [9.17, 15) is 14.0 Å². The number of fused-ring (bicyclic) bond motifs is 1. The molecule has 3 aromatic rings. The summed E-state index contributed by atoms with van der Waals surface area (Å²) < 4.78 is 16.4. The van der Waals surface area contributed by atoms with Crippen molar-refractivity contribution in [2.45, 2.75) is 39.2 Å². The molecule has 1 atom stereocenters. The summed E-state index contributed by atoms with van der Waals surface area (Å²) in [7, 11) is 0. The molecule has 1 saturated heterocycles. The van der Waals surface area contributed by atoms with E-state index >= 15 is 0 Å². The van der Waals surface area contributed by atoms with Crippen molar-refractivity contribution < 1.29 is 14.0 Å². The van der Waals surface area contributed by atoms with E-state index < -0.39 is 6.04 Å². The zero-order valence-corrected chi connectivity index (χ0v) is 20.7. The Hall–Kier alpha value is -2.64. The molecule has 1 aliphatic heterocycles. The van der Waals surface area contributed by atoms with Gasteiger partial charge < -0.3 is 14.4 Å². The second-order valence-corrected chi connectivity index (χ2v) is 9.37. The van der Waals surface area contributed by atoms with Crippen LogP contribution in [-0.4, -0.2) is 57.3 Å². The van der Waals surface area contributed by atoms with Crippen LogP contribution in [0, 0.1) is 5.82 Å². The van der Waals surface area contributed by atoms with Crippen molar-refractivity contribution in [3.63, 3.8) is 0 Å². The minimum Gasteiger partial charge on any atom is -0.339 e. The number of hydrogen-bond acceptors (Lipinski definition) is 3. The number of piperazine rings is 1. The fraction of sp³-hybridized carbons (Fsp3) is 0.400. The van der Waals surface area contributed by atoms with Crippen LogP contribution >= 0.6 is 23.2 Å². The van der Waals surface area contributed by atoms with Crippen LogP contribution in [0.1, 0.15) is 44.1 Å². The molecule has 0 bridgehead atoms. The van der Waals surface area contributed by atoms with Crippen molar-refractivity contribution in [1.29, 1.82) is 0 Å². The maximum absolute atomic E-state index is 14.5. The molecule has 1 aromatic heterocycles. The number of carbonyl (C=O) groups excluding carboxylic acids is 2. The van der Waals surface area contributed by atoms with Crippen LogP contribution in [0.15, 0.2) is 36.4 Å². The number of halogens is 3.